The van der Waals surface area contributed by atoms with Crippen molar-refractivity contribution in [3.8, 4) is 33.9 Å². The highest BCUT2D eigenvalue weighted by atomic mass is 19.1. The second-order valence-electron chi connectivity index (χ2n) is 9.41. The summed E-state index contributed by atoms with van der Waals surface area (Å²) in [6, 6.07) is 9.96. The van der Waals surface area contributed by atoms with Crippen molar-refractivity contribution in [2.24, 2.45) is 0 Å². The number of carbonyl (C=O) groups excluding carboxylic acids is 2. The van der Waals surface area contributed by atoms with Crippen molar-refractivity contribution >= 4 is 28.8 Å². The third kappa shape index (κ3) is 4.83. The first-order valence-electron chi connectivity index (χ1n) is 12.0. The first-order valence-corrected chi connectivity index (χ1v) is 12.0. The number of nitrogen functional groups attached to an aromatic ring is 1. The lowest BCUT2D eigenvalue weighted by atomic mass is 9.97. The zero-order chi connectivity index (χ0) is 27.9. The van der Waals surface area contributed by atoms with Crippen LogP contribution in [0.1, 0.15) is 30.1 Å². The quantitative estimate of drug-likeness (QED) is 0.291. The van der Waals surface area contributed by atoms with E-state index in [2.05, 4.69) is 32.4 Å². The number of halogens is 1. The predicted molar refractivity (Wildman–Crippen MR) is 143 cm³/mol. The number of methoxy groups -OCH3 is 2. The maximum absolute atomic E-state index is 13.2. The van der Waals surface area contributed by atoms with Crippen molar-refractivity contribution in [3.63, 3.8) is 0 Å². The fourth-order valence-corrected chi connectivity index (χ4v) is 4.23. The van der Waals surface area contributed by atoms with Gasteiger partial charge in [-0.15, -0.1) is 14.8 Å². The van der Waals surface area contributed by atoms with Crippen molar-refractivity contribution < 1.29 is 23.5 Å². The highest BCUT2D eigenvalue weighted by molar-refractivity contribution is 6.03. The van der Waals surface area contributed by atoms with Crippen molar-refractivity contribution in [2.75, 3.05) is 25.3 Å². The minimum Gasteiger partial charge on any atom is -0.496 e. The fourth-order valence-electron chi connectivity index (χ4n) is 4.23. The van der Waals surface area contributed by atoms with E-state index in [-0.39, 0.29) is 17.3 Å². The first kappa shape index (κ1) is 25.6. The van der Waals surface area contributed by atoms with Crippen LogP contribution in [0.2, 0.25) is 0 Å². The van der Waals surface area contributed by atoms with Gasteiger partial charge in [-0.1, -0.05) is 12.6 Å². The molecule has 0 saturated heterocycles. The van der Waals surface area contributed by atoms with Gasteiger partial charge < -0.3 is 25.8 Å². The van der Waals surface area contributed by atoms with Crippen LogP contribution in [0, 0.1) is 0 Å². The van der Waals surface area contributed by atoms with Gasteiger partial charge in [-0.25, -0.2) is 9.37 Å². The van der Waals surface area contributed by atoms with Crippen molar-refractivity contribution in [2.45, 2.75) is 25.3 Å². The Hall–Kier alpha value is -5.00. The number of hydrogen-bond acceptors (Lipinski definition) is 8. The Morgan fingerprint density at radius 1 is 1.13 bits per heavy atom. The summed E-state index contributed by atoms with van der Waals surface area (Å²) < 4.78 is 25.8. The van der Waals surface area contributed by atoms with Gasteiger partial charge in [-0.2, -0.15) is 0 Å². The van der Waals surface area contributed by atoms with Crippen LogP contribution in [0.5, 0.6) is 11.5 Å². The molecule has 1 fully saturated rings. The number of benzene rings is 2. The van der Waals surface area contributed by atoms with Crippen LogP contribution in [-0.4, -0.2) is 51.4 Å². The molecular formula is C27H26FN7O4. The number of anilines is 2. The van der Waals surface area contributed by atoms with Crippen molar-refractivity contribution in [1.82, 2.24) is 25.1 Å². The van der Waals surface area contributed by atoms with Crippen LogP contribution in [0.4, 0.5) is 15.9 Å². The third-order valence-corrected chi connectivity index (χ3v) is 6.58. The Balaban J connectivity index is 1.65. The molecular weight excluding hydrogens is 505 g/mol. The maximum Gasteiger partial charge on any atom is 0.283 e. The summed E-state index contributed by atoms with van der Waals surface area (Å²) in [7, 11) is 2.95. The smallest absolute Gasteiger partial charge is 0.283 e. The van der Waals surface area contributed by atoms with E-state index in [1.807, 2.05) is 6.92 Å². The summed E-state index contributed by atoms with van der Waals surface area (Å²) in [5.74, 6) is -1.41. The zero-order valence-corrected chi connectivity index (χ0v) is 21.5. The highest BCUT2D eigenvalue weighted by Crippen LogP contribution is 2.42. The molecule has 1 saturated carbocycles. The van der Waals surface area contributed by atoms with Crippen LogP contribution in [-0.2, 0) is 4.79 Å². The SMILES string of the molecule is C=C(F)C(=O)Nc1ccc(-c2nn3ncnc(N)c3c2-c2ccc(C(=O)NC3(C)CC3)c(OC)c2)c(OC)c1. The number of rotatable bonds is 8. The topological polar surface area (TPSA) is 146 Å². The molecule has 1 aliphatic rings. The fraction of sp³-hybridized carbons (Fsp3) is 0.222. The van der Waals surface area contributed by atoms with Gasteiger partial charge in [0.05, 0.1) is 19.8 Å². The van der Waals surface area contributed by atoms with Gasteiger partial charge in [0.15, 0.2) is 11.6 Å². The van der Waals surface area contributed by atoms with Gasteiger partial charge in [0.2, 0.25) is 0 Å². The van der Waals surface area contributed by atoms with Crippen molar-refractivity contribution in [1.29, 1.82) is 0 Å². The molecule has 1 aliphatic carbocycles. The molecule has 39 heavy (non-hydrogen) atoms. The van der Waals surface area contributed by atoms with Crippen LogP contribution in [0.25, 0.3) is 27.9 Å². The molecule has 0 atom stereocenters. The largest absolute Gasteiger partial charge is 0.496 e. The lowest BCUT2D eigenvalue weighted by molar-refractivity contribution is -0.114. The molecule has 0 bridgehead atoms. The number of nitrogens with zero attached hydrogens (tertiary/aromatic N) is 4. The van der Waals surface area contributed by atoms with E-state index in [1.165, 1.54) is 31.2 Å². The average Bonchev–Trinajstić information content (AvgIpc) is 3.51. The monoisotopic (exact) mass is 531 g/mol. The number of fused-ring (bicyclic) bond motifs is 1. The molecule has 2 aromatic carbocycles. The van der Waals surface area contributed by atoms with Gasteiger partial charge in [0.1, 0.15) is 29.0 Å². The number of aromatic nitrogens is 4. The van der Waals surface area contributed by atoms with Crippen LogP contribution in [0.15, 0.2) is 55.1 Å². The number of amides is 2. The average molecular weight is 532 g/mol. The Bertz CT molecular complexity index is 1640. The van der Waals surface area contributed by atoms with E-state index in [0.29, 0.717) is 50.7 Å². The minimum absolute atomic E-state index is 0.186. The van der Waals surface area contributed by atoms with Gasteiger partial charge in [0.25, 0.3) is 11.8 Å². The second-order valence-corrected chi connectivity index (χ2v) is 9.41. The van der Waals surface area contributed by atoms with Crippen LogP contribution < -0.4 is 25.8 Å². The van der Waals surface area contributed by atoms with Gasteiger partial charge in [-0.05, 0) is 49.6 Å². The Morgan fingerprint density at radius 2 is 1.87 bits per heavy atom. The highest BCUT2D eigenvalue weighted by Gasteiger charge is 2.39. The molecule has 0 radical (unpaired) electrons. The zero-order valence-electron chi connectivity index (χ0n) is 21.5. The van der Waals surface area contributed by atoms with E-state index >= 15 is 0 Å². The van der Waals surface area contributed by atoms with E-state index < -0.39 is 11.7 Å². The molecule has 200 valence electrons. The Labute approximate surface area is 222 Å². The second kappa shape index (κ2) is 9.71. The van der Waals surface area contributed by atoms with E-state index in [0.717, 1.165) is 12.8 Å². The minimum atomic E-state index is -1.12. The lowest BCUT2D eigenvalue weighted by Crippen LogP contribution is -2.34. The van der Waals surface area contributed by atoms with E-state index in [4.69, 9.17) is 15.2 Å². The molecule has 4 N–H and O–H groups in total. The number of hydrogen-bond donors (Lipinski definition) is 3. The summed E-state index contributed by atoms with van der Waals surface area (Å²) >= 11 is 0. The van der Waals surface area contributed by atoms with Crippen LogP contribution >= 0.6 is 0 Å². The molecule has 0 unspecified atom stereocenters. The molecule has 2 heterocycles. The Morgan fingerprint density at radius 3 is 2.54 bits per heavy atom. The number of nitrogens with two attached hydrogens (primary N) is 1. The van der Waals surface area contributed by atoms with E-state index in [9.17, 15) is 14.0 Å². The predicted octanol–water partition coefficient (Wildman–Crippen LogP) is 3.76. The van der Waals surface area contributed by atoms with Crippen molar-refractivity contribution in [3.05, 3.63) is 60.7 Å². The lowest BCUT2D eigenvalue weighted by Gasteiger charge is -2.15. The Kier molecular flexibility index (Phi) is 6.38. The van der Waals surface area contributed by atoms with Gasteiger partial charge in [0, 0.05) is 28.4 Å². The third-order valence-electron chi connectivity index (χ3n) is 6.58. The summed E-state index contributed by atoms with van der Waals surface area (Å²) in [6.45, 7) is 5.00. The molecule has 0 spiro atoms. The summed E-state index contributed by atoms with van der Waals surface area (Å²) in [5, 5.41) is 14.3. The molecule has 5 rings (SSSR count). The number of nitrogens with one attached hydrogen (secondary N) is 2. The standard InChI is InChI=1S/C27H26FN7O4/c1-14(28)25(36)32-16-6-8-17(20(12-16)39-4)22-21(23-24(29)30-13-31-35(23)34-22)15-5-7-18(19(11-15)38-3)26(37)33-27(2)9-10-27/h5-8,11-13H,1,9-10H2,2-4H3,(H,32,36)(H,33,37)(H2,29,30,31). The van der Waals surface area contributed by atoms with Gasteiger partial charge >= 0.3 is 0 Å². The van der Waals surface area contributed by atoms with Gasteiger partial charge in [-0.3, -0.25) is 9.59 Å². The normalized spacial score (nSPS) is 13.5. The first-order chi connectivity index (χ1) is 18.6. The van der Waals surface area contributed by atoms with Crippen LogP contribution in [0.3, 0.4) is 0 Å². The molecule has 2 amide bonds. The maximum atomic E-state index is 13.2. The number of carbonyl (C=O) groups is 2. The summed E-state index contributed by atoms with van der Waals surface area (Å²) in [5.41, 5.74) is 9.38. The number of ether oxygens (including phenoxy) is 2. The molecule has 12 heteroatoms. The molecule has 2 aromatic heterocycles. The summed E-state index contributed by atoms with van der Waals surface area (Å²) in [4.78, 5) is 28.8. The molecule has 11 nitrogen and oxygen atoms in total. The molecule has 4 aromatic rings. The molecule has 0 aliphatic heterocycles. The summed E-state index contributed by atoms with van der Waals surface area (Å²) in [6.07, 6.45) is 3.14. The van der Waals surface area contributed by atoms with E-state index in [1.54, 1.807) is 30.3 Å².